The maximum atomic E-state index is 13.0. The molecule has 0 unspecified atom stereocenters. The molecular formula is C20H23N3O5S. The van der Waals surface area contributed by atoms with Gasteiger partial charge in [0, 0.05) is 13.1 Å². The number of amides is 4. The highest BCUT2D eigenvalue weighted by atomic mass is 32.2. The highest BCUT2D eigenvalue weighted by Crippen LogP contribution is 2.31. The fourth-order valence-corrected chi connectivity index (χ4v) is 4.19. The molecular weight excluding hydrogens is 394 g/mol. The maximum absolute atomic E-state index is 13.0. The Bertz CT molecular complexity index is 883. The summed E-state index contributed by atoms with van der Waals surface area (Å²) in [5.41, 5.74) is 0.592. The quantitative estimate of drug-likeness (QED) is 0.430. The number of hydrogen-bond donors (Lipinski definition) is 1. The second-order valence-electron chi connectivity index (χ2n) is 6.95. The second kappa shape index (κ2) is 8.28. The molecule has 0 aromatic heterocycles. The number of carbonyl (C=O) groups excluding carboxylic acids is 4. The van der Waals surface area contributed by atoms with E-state index in [9.17, 15) is 19.2 Å². The predicted molar refractivity (Wildman–Crippen MR) is 108 cm³/mol. The zero-order valence-electron chi connectivity index (χ0n) is 16.6. The van der Waals surface area contributed by atoms with E-state index in [2.05, 4.69) is 5.32 Å². The zero-order chi connectivity index (χ0) is 21.2. The van der Waals surface area contributed by atoms with Crippen LogP contribution in [0.3, 0.4) is 0 Å². The average Bonchev–Trinajstić information content (AvgIpc) is 3.12. The number of ether oxygens (including phenoxy) is 1. The lowest BCUT2D eigenvalue weighted by molar-refractivity contribution is -0.137. The summed E-state index contributed by atoms with van der Waals surface area (Å²) in [6, 6.07) is 6.90. The van der Waals surface area contributed by atoms with Crippen LogP contribution in [0.5, 0.6) is 0 Å². The molecule has 3 rings (SSSR count). The Balaban J connectivity index is 1.72. The van der Waals surface area contributed by atoms with Crippen LogP contribution in [0.4, 0.5) is 4.79 Å². The Morgan fingerprint density at radius 2 is 1.86 bits per heavy atom. The number of hydrogen-bond acceptors (Lipinski definition) is 6. The maximum Gasteiger partial charge on any atom is 0.333 e. The van der Waals surface area contributed by atoms with Gasteiger partial charge in [0.25, 0.3) is 5.91 Å². The molecule has 2 heterocycles. The smallest absolute Gasteiger partial charge is 0.333 e. The molecule has 0 radical (unpaired) electrons. The Morgan fingerprint density at radius 1 is 1.21 bits per heavy atom. The summed E-state index contributed by atoms with van der Waals surface area (Å²) in [5.74, 6) is -0.885. The molecule has 1 aromatic carbocycles. The van der Waals surface area contributed by atoms with Gasteiger partial charge in [-0.1, -0.05) is 41.6 Å². The molecule has 1 atom stereocenters. The molecule has 2 saturated heterocycles. The Kier molecular flexibility index (Phi) is 5.97. The zero-order valence-corrected chi connectivity index (χ0v) is 17.4. The van der Waals surface area contributed by atoms with Crippen LogP contribution < -0.4 is 5.32 Å². The average molecular weight is 417 g/mol. The number of aryl methyl sites for hydroxylation is 1. The van der Waals surface area contributed by atoms with Crippen LogP contribution in [-0.2, 0) is 24.7 Å². The number of carbonyl (C=O) groups is 4. The van der Waals surface area contributed by atoms with Gasteiger partial charge in [-0.25, -0.2) is 9.59 Å². The van der Waals surface area contributed by atoms with E-state index in [0.717, 1.165) is 10.5 Å². The van der Waals surface area contributed by atoms with Gasteiger partial charge in [0.05, 0.1) is 23.5 Å². The first-order valence-corrected chi connectivity index (χ1v) is 10.3. The van der Waals surface area contributed by atoms with Gasteiger partial charge in [0.1, 0.15) is 5.54 Å². The van der Waals surface area contributed by atoms with Crippen LogP contribution in [0.1, 0.15) is 25.0 Å². The number of esters is 1. The standard InChI is InChI=1S/C20H23N3O5S/c1-4-28-17(25)11-16-22(15(24)12-29-16)9-10-23-18(26)20(3,21-19(23)27)14-7-5-13(2)6-8-14/h5-8,11H,4,9-10,12H2,1-3H3,(H,21,27)/b16-11-/t20-/m1/s1. The summed E-state index contributed by atoms with van der Waals surface area (Å²) in [7, 11) is 0. The number of imide groups is 1. The number of thioether (sulfide) groups is 1. The third-order valence-corrected chi connectivity index (χ3v) is 5.91. The fourth-order valence-electron chi connectivity index (χ4n) is 3.24. The van der Waals surface area contributed by atoms with Crippen molar-refractivity contribution in [1.29, 1.82) is 0 Å². The lowest BCUT2D eigenvalue weighted by Crippen LogP contribution is -2.42. The molecule has 1 aromatic rings. The molecule has 0 bridgehead atoms. The van der Waals surface area contributed by atoms with E-state index < -0.39 is 17.5 Å². The molecule has 2 fully saturated rings. The molecule has 154 valence electrons. The molecule has 4 amide bonds. The summed E-state index contributed by atoms with van der Waals surface area (Å²) in [6.45, 7) is 5.69. The summed E-state index contributed by atoms with van der Waals surface area (Å²) >= 11 is 1.23. The summed E-state index contributed by atoms with van der Waals surface area (Å²) in [4.78, 5) is 51.9. The number of nitrogens with one attached hydrogen (secondary N) is 1. The lowest BCUT2D eigenvalue weighted by atomic mass is 9.91. The molecule has 9 heteroatoms. The highest BCUT2D eigenvalue weighted by molar-refractivity contribution is 8.04. The first-order valence-electron chi connectivity index (χ1n) is 9.29. The Morgan fingerprint density at radius 3 is 2.52 bits per heavy atom. The Hall–Kier alpha value is -2.81. The van der Waals surface area contributed by atoms with Crippen molar-refractivity contribution in [2.24, 2.45) is 0 Å². The Labute approximate surface area is 173 Å². The molecule has 2 aliphatic heterocycles. The van der Waals surface area contributed by atoms with Crippen molar-refractivity contribution in [3.05, 3.63) is 46.5 Å². The minimum Gasteiger partial charge on any atom is -0.463 e. The molecule has 0 aliphatic carbocycles. The van der Waals surface area contributed by atoms with Crippen molar-refractivity contribution in [1.82, 2.24) is 15.1 Å². The van der Waals surface area contributed by atoms with Crippen LogP contribution in [0.2, 0.25) is 0 Å². The fraction of sp³-hybridized carbons (Fsp3) is 0.400. The van der Waals surface area contributed by atoms with Crippen LogP contribution in [0.25, 0.3) is 0 Å². The van der Waals surface area contributed by atoms with E-state index in [1.165, 1.54) is 22.7 Å². The van der Waals surface area contributed by atoms with Gasteiger partial charge in [-0.15, -0.1) is 0 Å². The van der Waals surface area contributed by atoms with Crippen molar-refractivity contribution < 1.29 is 23.9 Å². The van der Waals surface area contributed by atoms with E-state index in [0.29, 0.717) is 10.6 Å². The molecule has 1 N–H and O–H groups in total. The third-order valence-electron chi connectivity index (χ3n) is 4.89. The van der Waals surface area contributed by atoms with E-state index >= 15 is 0 Å². The molecule has 8 nitrogen and oxygen atoms in total. The van der Waals surface area contributed by atoms with Crippen molar-refractivity contribution in [3.8, 4) is 0 Å². The highest BCUT2D eigenvalue weighted by Gasteiger charge is 2.49. The van der Waals surface area contributed by atoms with E-state index in [1.807, 2.05) is 31.2 Å². The minimum absolute atomic E-state index is 0.0264. The van der Waals surface area contributed by atoms with E-state index in [1.54, 1.807) is 13.8 Å². The first kappa shape index (κ1) is 20.9. The van der Waals surface area contributed by atoms with Crippen molar-refractivity contribution in [2.45, 2.75) is 26.3 Å². The van der Waals surface area contributed by atoms with Gasteiger partial charge in [-0.05, 0) is 26.3 Å². The lowest BCUT2D eigenvalue weighted by Gasteiger charge is -2.23. The van der Waals surface area contributed by atoms with Gasteiger partial charge in [-0.2, -0.15) is 0 Å². The first-order chi connectivity index (χ1) is 13.8. The minimum atomic E-state index is -1.15. The number of benzene rings is 1. The van der Waals surface area contributed by atoms with Crippen molar-refractivity contribution in [3.63, 3.8) is 0 Å². The second-order valence-corrected chi connectivity index (χ2v) is 7.94. The summed E-state index contributed by atoms with van der Waals surface area (Å²) in [6.07, 6.45) is 1.27. The monoisotopic (exact) mass is 417 g/mol. The SMILES string of the molecule is CCOC(=O)/C=C1\SCC(=O)N1CCN1C(=O)N[C@](C)(c2ccc(C)cc2)C1=O. The normalized spacial score (nSPS) is 23.1. The van der Waals surface area contributed by atoms with Gasteiger partial charge in [0.2, 0.25) is 5.91 Å². The number of urea groups is 1. The third kappa shape index (κ3) is 4.14. The van der Waals surface area contributed by atoms with Crippen molar-refractivity contribution >= 4 is 35.6 Å². The summed E-state index contributed by atoms with van der Waals surface area (Å²) in [5, 5.41) is 3.21. The largest absolute Gasteiger partial charge is 0.463 e. The molecule has 2 aliphatic rings. The van der Waals surface area contributed by atoms with Crippen LogP contribution in [0.15, 0.2) is 35.4 Å². The van der Waals surface area contributed by atoms with E-state index in [-0.39, 0.29) is 37.3 Å². The molecule has 29 heavy (non-hydrogen) atoms. The predicted octanol–water partition coefficient (Wildman–Crippen LogP) is 1.74. The van der Waals surface area contributed by atoms with Crippen LogP contribution in [-0.4, -0.2) is 59.1 Å². The topological polar surface area (TPSA) is 96.0 Å². The van der Waals surface area contributed by atoms with Gasteiger partial charge < -0.3 is 15.0 Å². The van der Waals surface area contributed by atoms with Gasteiger partial charge in [0.15, 0.2) is 0 Å². The number of nitrogens with zero attached hydrogens (tertiary/aromatic N) is 2. The molecule has 0 saturated carbocycles. The number of rotatable bonds is 6. The van der Waals surface area contributed by atoms with E-state index in [4.69, 9.17) is 4.74 Å². The van der Waals surface area contributed by atoms with Crippen LogP contribution >= 0.6 is 11.8 Å². The van der Waals surface area contributed by atoms with Crippen LogP contribution in [0, 0.1) is 6.92 Å². The van der Waals surface area contributed by atoms with Gasteiger partial charge in [-0.3, -0.25) is 14.5 Å². The molecule has 0 spiro atoms. The van der Waals surface area contributed by atoms with Crippen molar-refractivity contribution in [2.75, 3.05) is 25.4 Å². The summed E-state index contributed by atoms with van der Waals surface area (Å²) < 4.78 is 4.89. The van der Waals surface area contributed by atoms with Gasteiger partial charge >= 0.3 is 12.0 Å².